The molecule has 0 fully saturated rings. The van der Waals surface area contributed by atoms with Crippen LogP contribution in [0, 0.1) is 10.1 Å². The highest BCUT2D eigenvalue weighted by molar-refractivity contribution is 5.77. The van der Waals surface area contributed by atoms with Crippen LogP contribution in [0.5, 0.6) is 5.88 Å². The zero-order valence-electron chi connectivity index (χ0n) is 9.28. The number of carbonyl (C=O) groups is 1. The molecule has 8 nitrogen and oxygen atoms in total. The molecule has 1 atom stereocenters. The van der Waals surface area contributed by atoms with Crippen LogP contribution in [-0.4, -0.2) is 33.1 Å². The molecule has 0 amide bonds. The molecule has 1 aromatic heterocycles. The van der Waals surface area contributed by atoms with E-state index in [4.69, 9.17) is 9.84 Å². The van der Waals surface area contributed by atoms with Gasteiger partial charge in [0.15, 0.2) is 0 Å². The first-order chi connectivity index (χ1) is 8.02. The molecule has 1 N–H and O–H groups in total. The third kappa shape index (κ3) is 2.47. The molecule has 0 aliphatic heterocycles. The van der Waals surface area contributed by atoms with Crippen LogP contribution < -0.4 is 4.74 Å². The normalized spacial score (nSPS) is 11.9. The SMILES string of the molecule is CCC(C(=O)O)c1ncnc(OC)c1[N+](=O)[O-]. The van der Waals surface area contributed by atoms with Crippen LogP contribution >= 0.6 is 0 Å². The molecule has 1 aromatic rings. The summed E-state index contributed by atoms with van der Waals surface area (Å²) in [5, 5.41) is 19.9. The minimum atomic E-state index is -1.17. The van der Waals surface area contributed by atoms with Gasteiger partial charge in [0.1, 0.15) is 17.9 Å². The predicted octanol–water partition coefficient (Wildman–Crippen LogP) is 0.972. The van der Waals surface area contributed by atoms with Crippen molar-refractivity contribution in [2.45, 2.75) is 19.3 Å². The lowest BCUT2D eigenvalue weighted by Crippen LogP contribution is -2.15. The maximum absolute atomic E-state index is 11.0. The van der Waals surface area contributed by atoms with E-state index in [0.29, 0.717) is 0 Å². The number of nitrogens with zero attached hydrogens (tertiary/aromatic N) is 3. The van der Waals surface area contributed by atoms with Crippen molar-refractivity contribution < 1.29 is 19.6 Å². The van der Waals surface area contributed by atoms with Gasteiger partial charge in [-0.2, -0.15) is 4.98 Å². The Kier molecular flexibility index (Phi) is 3.91. The number of ether oxygens (including phenoxy) is 1. The van der Waals surface area contributed by atoms with Crippen molar-refractivity contribution in [1.82, 2.24) is 9.97 Å². The van der Waals surface area contributed by atoms with E-state index in [-0.39, 0.29) is 18.0 Å². The maximum Gasteiger partial charge on any atom is 0.353 e. The Labute approximate surface area is 96.4 Å². The van der Waals surface area contributed by atoms with Crippen LogP contribution in [0.25, 0.3) is 0 Å². The second kappa shape index (κ2) is 5.19. The van der Waals surface area contributed by atoms with Gasteiger partial charge in [0, 0.05) is 0 Å². The molecule has 0 aliphatic rings. The van der Waals surface area contributed by atoms with Crippen molar-refractivity contribution in [2.24, 2.45) is 0 Å². The first-order valence-electron chi connectivity index (χ1n) is 4.79. The van der Waals surface area contributed by atoms with Gasteiger partial charge in [-0.25, -0.2) is 4.98 Å². The molecule has 0 spiro atoms. The molecule has 0 bridgehead atoms. The molecule has 8 heteroatoms. The van der Waals surface area contributed by atoms with Gasteiger partial charge >= 0.3 is 11.7 Å². The number of aliphatic carboxylic acids is 1. The zero-order valence-corrected chi connectivity index (χ0v) is 9.28. The molecule has 1 heterocycles. The van der Waals surface area contributed by atoms with Crippen molar-refractivity contribution >= 4 is 11.7 Å². The standard InChI is InChI=1S/C9H11N3O5/c1-3-5(9(13)14)6-7(12(15)16)8(17-2)11-4-10-6/h4-5H,3H2,1-2H3,(H,13,14). The van der Waals surface area contributed by atoms with Crippen LogP contribution in [0.1, 0.15) is 25.0 Å². The lowest BCUT2D eigenvalue weighted by atomic mass is 10.0. The lowest BCUT2D eigenvalue weighted by molar-refractivity contribution is -0.387. The number of carboxylic acids is 1. The van der Waals surface area contributed by atoms with Gasteiger partial charge in [0.25, 0.3) is 5.88 Å². The topological polar surface area (TPSA) is 115 Å². The predicted molar refractivity (Wildman–Crippen MR) is 55.9 cm³/mol. The summed E-state index contributed by atoms with van der Waals surface area (Å²) in [6.07, 6.45) is 1.24. The number of nitro groups is 1. The van der Waals surface area contributed by atoms with Gasteiger partial charge in [-0.1, -0.05) is 6.92 Å². The van der Waals surface area contributed by atoms with E-state index in [1.807, 2.05) is 0 Å². The Morgan fingerprint density at radius 1 is 1.65 bits per heavy atom. The van der Waals surface area contributed by atoms with Crippen molar-refractivity contribution in [2.75, 3.05) is 7.11 Å². The molecule has 0 aromatic carbocycles. The fourth-order valence-electron chi connectivity index (χ4n) is 1.44. The number of hydrogen-bond donors (Lipinski definition) is 1. The van der Waals surface area contributed by atoms with Crippen LogP contribution in [0.3, 0.4) is 0 Å². The summed E-state index contributed by atoms with van der Waals surface area (Å²) < 4.78 is 4.74. The smallest absolute Gasteiger partial charge is 0.353 e. The van der Waals surface area contributed by atoms with E-state index in [1.54, 1.807) is 6.92 Å². The number of carboxylic acid groups (broad SMARTS) is 1. The molecule has 0 saturated heterocycles. The van der Waals surface area contributed by atoms with Crippen molar-refractivity contribution in [3.8, 4) is 5.88 Å². The summed E-state index contributed by atoms with van der Waals surface area (Å²) in [5.74, 6) is -2.46. The molecule has 0 aliphatic carbocycles. The number of aromatic nitrogens is 2. The second-order valence-corrected chi connectivity index (χ2v) is 3.17. The van der Waals surface area contributed by atoms with Gasteiger partial charge in [-0.05, 0) is 6.42 Å². The third-order valence-electron chi connectivity index (χ3n) is 2.23. The molecule has 1 rings (SSSR count). The fraction of sp³-hybridized carbons (Fsp3) is 0.444. The Bertz CT molecular complexity index is 448. The van der Waals surface area contributed by atoms with Crippen LogP contribution in [0.4, 0.5) is 5.69 Å². The van der Waals surface area contributed by atoms with E-state index < -0.39 is 22.5 Å². The summed E-state index contributed by atoms with van der Waals surface area (Å²) in [6.45, 7) is 1.61. The molecule has 0 radical (unpaired) electrons. The Morgan fingerprint density at radius 2 is 2.29 bits per heavy atom. The van der Waals surface area contributed by atoms with Gasteiger partial charge in [0.05, 0.1) is 12.0 Å². The quantitative estimate of drug-likeness (QED) is 0.603. The minimum Gasteiger partial charge on any atom is -0.481 e. The van der Waals surface area contributed by atoms with Gasteiger partial charge < -0.3 is 9.84 Å². The Balaban J connectivity index is 3.41. The summed E-state index contributed by atoms with van der Waals surface area (Å²) in [7, 11) is 1.22. The number of methoxy groups -OCH3 is 1. The van der Waals surface area contributed by atoms with Gasteiger partial charge in [-0.3, -0.25) is 14.9 Å². The lowest BCUT2D eigenvalue weighted by Gasteiger charge is -2.10. The van der Waals surface area contributed by atoms with Gasteiger partial charge in [0.2, 0.25) is 0 Å². The fourth-order valence-corrected chi connectivity index (χ4v) is 1.44. The van der Waals surface area contributed by atoms with E-state index in [0.717, 1.165) is 6.33 Å². The van der Waals surface area contributed by atoms with Crippen LogP contribution in [-0.2, 0) is 4.79 Å². The molecular formula is C9H11N3O5. The van der Waals surface area contributed by atoms with Crippen LogP contribution in [0.2, 0.25) is 0 Å². The molecule has 92 valence electrons. The summed E-state index contributed by atoms with van der Waals surface area (Å²) >= 11 is 0. The van der Waals surface area contributed by atoms with Crippen molar-refractivity contribution in [1.29, 1.82) is 0 Å². The van der Waals surface area contributed by atoms with E-state index in [2.05, 4.69) is 9.97 Å². The summed E-state index contributed by atoms with van der Waals surface area (Å²) in [6, 6.07) is 0. The maximum atomic E-state index is 11.0. The van der Waals surface area contributed by atoms with Gasteiger partial charge in [-0.15, -0.1) is 0 Å². The van der Waals surface area contributed by atoms with E-state index >= 15 is 0 Å². The van der Waals surface area contributed by atoms with Crippen LogP contribution in [0.15, 0.2) is 6.33 Å². The Hall–Kier alpha value is -2.25. The number of hydrogen-bond acceptors (Lipinski definition) is 6. The zero-order chi connectivity index (χ0) is 13.0. The highest BCUT2D eigenvalue weighted by atomic mass is 16.6. The first kappa shape index (κ1) is 12.8. The first-order valence-corrected chi connectivity index (χ1v) is 4.79. The summed E-state index contributed by atoms with van der Waals surface area (Å²) in [5.41, 5.74) is -0.638. The molecule has 1 unspecified atom stereocenters. The molecule has 0 saturated carbocycles. The average molecular weight is 241 g/mol. The average Bonchev–Trinajstić information content (AvgIpc) is 2.28. The van der Waals surface area contributed by atoms with Crippen molar-refractivity contribution in [3.05, 3.63) is 22.1 Å². The van der Waals surface area contributed by atoms with E-state index in [9.17, 15) is 14.9 Å². The Morgan fingerprint density at radius 3 is 2.71 bits per heavy atom. The monoisotopic (exact) mass is 241 g/mol. The molecule has 17 heavy (non-hydrogen) atoms. The molecular weight excluding hydrogens is 230 g/mol. The summed E-state index contributed by atoms with van der Waals surface area (Å²) in [4.78, 5) is 28.4. The third-order valence-corrected chi connectivity index (χ3v) is 2.23. The van der Waals surface area contributed by atoms with Crippen molar-refractivity contribution in [3.63, 3.8) is 0 Å². The second-order valence-electron chi connectivity index (χ2n) is 3.17. The highest BCUT2D eigenvalue weighted by Crippen LogP contribution is 2.33. The highest BCUT2D eigenvalue weighted by Gasteiger charge is 2.32. The largest absolute Gasteiger partial charge is 0.481 e. The minimum absolute atomic E-state index is 0.142. The number of rotatable bonds is 5. The van der Waals surface area contributed by atoms with E-state index in [1.165, 1.54) is 7.11 Å².